The van der Waals surface area contributed by atoms with Crippen molar-refractivity contribution in [2.75, 3.05) is 17.6 Å². The predicted molar refractivity (Wildman–Crippen MR) is 66.2 cm³/mol. The van der Waals surface area contributed by atoms with Gasteiger partial charge in [-0.1, -0.05) is 25.4 Å². The molecule has 2 nitrogen and oxygen atoms in total. The topological polar surface area (TPSA) is 38.0 Å². The lowest BCUT2D eigenvalue weighted by atomic mass is 10.1. The van der Waals surface area contributed by atoms with Crippen LogP contribution < -0.4 is 11.1 Å². The molecular formula is C12H17ClN2. The Morgan fingerprint density at radius 2 is 2.20 bits per heavy atom. The molecule has 0 bridgehead atoms. The molecule has 1 atom stereocenters. The Hall–Kier alpha value is -0.890. The van der Waals surface area contributed by atoms with Gasteiger partial charge < -0.3 is 11.1 Å². The van der Waals surface area contributed by atoms with Gasteiger partial charge in [-0.25, -0.2) is 0 Å². The predicted octanol–water partition coefficient (Wildman–Crippen LogP) is 3.38. The van der Waals surface area contributed by atoms with Gasteiger partial charge in [0.2, 0.25) is 0 Å². The molecule has 2 rings (SSSR count). The first-order valence-electron chi connectivity index (χ1n) is 5.28. The summed E-state index contributed by atoms with van der Waals surface area (Å²) in [4.78, 5) is 0. The van der Waals surface area contributed by atoms with Crippen molar-refractivity contribution in [3.05, 3.63) is 23.2 Å². The largest absolute Gasteiger partial charge is 0.397 e. The van der Waals surface area contributed by atoms with Crippen LogP contribution in [0.3, 0.4) is 0 Å². The Labute approximate surface area is 95.8 Å². The zero-order valence-electron chi connectivity index (χ0n) is 9.18. The van der Waals surface area contributed by atoms with Crippen LogP contribution in [-0.4, -0.2) is 6.54 Å². The van der Waals surface area contributed by atoms with Gasteiger partial charge in [0.25, 0.3) is 0 Å². The fraction of sp³-hybridized carbons (Fsp3) is 0.500. The Balaban J connectivity index is 1.94. The van der Waals surface area contributed by atoms with E-state index in [4.69, 9.17) is 17.3 Å². The summed E-state index contributed by atoms with van der Waals surface area (Å²) in [5.74, 6) is 0.771. The van der Waals surface area contributed by atoms with Gasteiger partial charge in [-0.2, -0.15) is 0 Å². The molecule has 0 saturated heterocycles. The molecule has 1 unspecified atom stereocenters. The van der Waals surface area contributed by atoms with Crippen LogP contribution >= 0.6 is 11.6 Å². The molecule has 15 heavy (non-hydrogen) atoms. The molecule has 1 aliphatic carbocycles. The van der Waals surface area contributed by atoms with E-state index in [2.05, 4.69) is 19.2 Å². The summed E-state index contributed by atoms with van der Waals surface area (Å²) >= 11 is 5.83. The maximum Gasteiger partial charge on any atom is 0.0575 e. The molecule has 1 aromatic carbocycles. The van der Waals surface area contributed by atoms with Gasteiger partial charge in [0.05, 0.1) is 11.4 Å². The molecule has 0 spiro atoms. The summed E-state index contributed by atoms with van der Waals surface area (Å²) in [6, 6.07) is 5.58. The second kappa shape index (κ2) is 3.60. The monoisotopic (exact) mass is 224 g/mol. The summed E-state index contributed by atoms with van der Waals surface area (Å²) in [7, 11) is 0. The highest BCUT2D eigenvalue weighted by Gasteiger charge is 2.44. The third-order valence-electron chi connectivity index (χ3n) is 3.27. The van der Waals surface area contributed by atoms with Crippen LogP contribution in [0, 0.1) is 11.3 Å². The van der Waals surface area contributed by atoms with Gasteiger partial charge in [0.15, 0.2) is 0 Å². The number of rotatable bonds is 3. The van der Waals surface area contributed by atoms with E-state index in [0.29, 0.717) is 10.4 Å². The Bertz CT molecular complexity index is 374. The van der Waals surface area contributed by atoms with Crippen LogP contribution in [0.2, 0.25) is 5.02 Å². The number of nitrogens with two attached hydrogens (primary N) is 1. The van der Waals surface area contributed by atoms with Crippen LogP contribution in [0.15, 0.2) is 18.2 Å². The third-order valence-corrected chi connectivity index (χ3v) is 3.51. The van der Waals surface area contributed by atoms with E-state index < -0.39 is 0 Å². The quantitative estimate of drug-likeness (QED) is 0.773. The van der Waals surface area contributed by atoms with Gasteiger partial charge >= 0.3 is 0 Å². The van der Waals surface area contributed by atoms with Crippen molar-refractivity contribution in [2.24, 2.45) is 11.3 Å². The van der Waals surface area contributed by atoms with Gasteiger partial charge in [-0.05, 0) is 36.0 Å². The fourth-order valence-corrected chi connectivity index (χ4v) is 2.03. The van der Waals surface area contributed by atoms with Crippen molar-refractivity contribution in [2.45, 2.75) is 20.3 Å². The highest BCUT2D eigenvalue weighted by Crippen LogP contribution is 2.51. The average Bonchev–Trinajstić information content (AvgIpc) is 2.73. The minimum absolute atomic E-state index is 0.508. The Kier molecular flexibility index (Phi) is 2.55. The lowest BCUT2D eigenvalue weighted by Crippen LogP contribution is -2.08. The number of nitrogen functional groups attached to an aromatic ring is 1. The van der Waals surface area contributed by atoms with Crippen LogP contribution in [-0.2, 0) is 0 Å². The van der Waals surface area contributed by atoms with E-state index in [9.17, 15) is 0 Å². The van der Waals surface area contributed by atoms with Crippen molar-refractivity contribution in [1.82, 2.24) is 0 Å². The maximum absolute atomic E-state index is 5.85. The molecule has 0 heterocycles. The summed E-state index contributed by atoms with van der Waals surface area (Å²) < 4.78 is 0. The molecule has 82 valence electrons. The standard InChI is InChI=1S/C12H17ClN2/c1-12(2)6-8(12)7-15-11-4-3-9(13)5-10(11)14/h3-5,8,15H,6-7,14H2,1-2H3. The fourth-order valence-electron chi connectivity index (χ4n) is 1.85. The molecule has 1 fully saturated rings. The average molecular weight is 225 g/mol. The van der Waals surface area contributed by atoms with E-state index in [1.807, 2.05) is 12.1 Å². The van der Waals surface area contributed by atoms with Crippen LogP contribution in [0.4, 0.5) is 11.4 Å². The van der Waals surface area contributed by atoms with Gasteiger partial charge in [0, 0.05) is 11.6 Å². The van der Waals surface area contributed by atoms with E-state index in [-0.39, 0.29) is 0 Å². The SMILES string of the molecule is CC1(C)CC1CNc1ccc(Cl)cc1N. The van der Waals surface area contributed by atoms with Crippen molar-refractivity contribution in [3.63, 3.8) is 0 Å². The maximum atomic E-state index is 5.85. The molecule has 0 amide bonds. The summed E-state index contributed by atoms with van der Waals surface area (Å²) in [6.45, 7) is 5.59. The van der Waals surface area contributed by atoms with Crippen LogP contribution in [0.1, 0.15) is 20.3 Å². The molecule has 3 heteroatoms. The van der Waals surface area contributed by atoms with E-state index >= 15 is 0 Å². The molecule has 1 saturated carbocycles. The molecule has 1 aromatic rings. The van der Waals surface area contributed by atoms with Gasteiger partial charge in [0.1, 0.15) is 0 Å². The second-order valence-electron chi connectivity index (χ2n) is 5.00. The molecule has 3 N–H and O–H groups in total. The number of nitrogens with one attached hydrogen (secondary N) is 1. The smallest absolute Gasteiger partial charge is 0.0575 e. The summed E-state index contributed by atoms with van der Waals surface area (Å²) in [6.07, 6.45) is 1.30. The highest BCUT2D eigenvalue weighted by atomic mass is 35.5. The Morgan fingerprint density at radius 1 is 1.53 bits per heavy atom. The number of benzene rings is 1. The highest BCUT2D eigenvalue weighted by molar-refractivity contribution is 6.31. The lowest BCUT2D eigenvalue weighted by Gasteiger charge is -2.10. The first kappa shape index (κ1) is 10.6. The zero-order valence-corrected chi connectivity index (χ0v) is 9.93. The van der Waals surface area contributed by atoms with Crippen molar-refractivity contribution >= 4 is 23.0 Å². The van der Waals surface area contributed by atoms with E-state index in [1.54, 1.807) is 6.07 Å². The molecular weight excluding hydrogens is 208 g/mol. The number of anilines is 2. The number of hydrogen-bond acceptors (Lipinski definition) is 2. The second-order valence-corrected chi connectivity index (χ2v) is 5.44. The minimum Gasteiger partial charge on any atom is -0.397 e. The summed E-state index contributed by atoms with van der Waals surface area (Å²) in [5, 5.41) is 4.06. The van der Waals surface area contributed by atoms with E-state index in [1.165, 1.54) is 6.42 Å². The number of halogens is 1. The van der Waals surface area contributed by atoms with Crippen molar-refractivity contribution in [1.29, 1.82) is 0 Å². The number of hydrogen-bond donors (Lipinski definition) is 2. The minimum atomic E-state index is 0.508. The summed E-state index contributed by atoms with van der Waals surface area (Å²) in [5.41, 5.74) is 8.07. The molecule has 0 radical (unpaired) electrons. The van der Waals surface area contributed by atoms with Crippen LogP contribution in [0.5, 0.6) is 0 Å². The first-order chi connectivity index (χ1) is 6.99. The zero-order chi connectivity index (χ0) is 11.1. The lowest BCUT2D eigenvalue weighted by molar-refractivity contribution is 0.573. The van der Waals surface area contributed by atoms with E-state index in [0.717, 1.165) is 23.8 Å². The molecule has 0 aliphatic heterocycles. The third kappa shape index (κ3) is 2.37. The van der Waals surface area contributed by atoms with Crippen molar-refractivity contribution in [3.8, 4) is 0 Å². The van der Waals surface area contributed by atoms with Crippen LogP contribution in [0.25, 0.3) is 0 Å². The van der Waals surface area contributed by atoms with Gasteiger partial charge in [-0.15, -0.1) is 0 Å². The molecule has 0 aromatic heterocycles. The Morgan fingerprint density at radius 3 is 2.73 bits per heavy atom. The van der Waals surface area contributed by atoms with Gasteiger partial charge in [-0.3, -0.25) is 0 Å². The normalized spacial score (nSPS) is 22.5. The first-order valence-corrected chi connectivity index (χ1v) is 5.66. The van der Waals surface area contributed by atoms with Crippen molar-refractivity contribution < 1.29 is 0 Å². The molecule has 1 aliphatic rings.